The van der Waals surface area contributed by atoms with Crippen molar-refractivity contribution >= 4 is 5.97 Å². The minimum absolute atomic E-state index is 0.0411. The van der Waals surface area contributed by atoms with Crippen molar-refractivity contribution in [2.75, 3.05) is 13.2 Å². The first-order valence-electron chi connectivity index (χ1n) is 11.0. The quantitative estimate of drug-likeness (QED) is 0.194. The van der Waals surface area contributed by atoms with Crippen molar-refractivity contribution in [2.24, 2.45) is 0 Å². The zero-order valence-corrected chi connectivity index (χ0v) is 18.0. The number of rotatable bonds is 16. The normalized spacial score (nSPS) is 12.0. The van der Waals surface area contributed by atoms with Crippen LogP contribution in [0, 0.1) is 0 Å². The highest BCUT2D eigenvalue weighted by Crippen LogP contribution is 2.36. The molecule has 29 heavy (non-hydrogen) atoms. The topological polar surface area (TPSA) is 96.2 Å². The van der Waals surface area contributed by atoms with Crippen LogP contribution >= 0.6 is 0 Å². The molecule has 0 aromatic heterocycles. The van der Waals surface area contributed by atoms with Crippen molar-refractivity contribution < 1.29 is 29.6 Å². The Morgan fingerprint density at radius 2 is 1.52 bits per heavy atom. The van der Waals surface area contributed by atoms with Gasteiger partial charge in [-0.05, 0) is 25.0 Å². The van der Waals surface area contributed by atoms with Crippen LogP contribution in [0.1, 0.15) is 94.8 Å². The lowest BCUT2D eigenvalue weighted by Gasteiger charge is -2.13. The molecule has 1 aromatic carbocycles. The maximum atomic E-state index is 12.2. The fraction of sp³-hybridized carbons (Fsp3) is 0.696. The molecule has 1 rings (SSSR count). The number of hydrogen-bond acceptors (Lipinski definition) is 6. The highest BCUT2D eigenvalue weighted by molar-refractivity contribution is 5.91. The minimum Gasteiger partial charge on any atom is -0.504 e. The second kappa shape index (κ2) is 15.0. The summed E-state index contributed by atoms with van der Waals surface area (Å²) in [6.07, 6.45) is 11.8. The molecular formula is C23H38O6. The Bertz CT molecular complexity index is 587. The number of phenolic OH excluding ortho intramolecular Hbond substituents is 2. The number of phenols is 2. The monoisotopic (exact) mass is 410 g/mol. The van der Waals surface area contributed by atoms with E-state index in [1.54, 1.807) is 6.92 Å². The molecular weight excluding hydrogens is 372 g/mol. The molecule has 0 aliphatic rings. The molecule has 166 valence electrons. The fourth-order valence-corrected chi connectivity index (χ4v) is 2.96. The van der Waals surface area contributed by atoms with Gasteiger partial charge in [0.25, 0.3) is 0 Å². The summed E-state index contributed by atoms with van der Waals surface area (Å²) < 4.78 is 10.6. The second-order valence-corrected chi connectivity index (χ2v) is 7.53. The van der Waals surface area contributed by atoms with Crippen molar-refractivity contribution in [3.63, 3.8) is 0 Å². The van der Waals surface area contributed by atoms with Gasteiger partial charge in [0.15, 0.2) is 11.5 Å². The Hall–Kier alpha value is -1.95. The lowest BCUT2D eigenvalue weighted by molar-refractivity contribution is 0.0496. The third-order valence-corrected chi connectivity index (χ3v) is 4.92. The molecule has 1 atom stereocenters. The first-order chi connectivity index (χ1) is 14.0. The zero-order chi connectivity index (χ0) is 21.5. The zero-order valence-electron chi connectivity index (χ0n) is 18.0. The molecule has 1 aromatic rings. The highest BCUT2D eigenvalue weighted by Gasteiger charge is 2.17. The standard InChI is InChI=1S/C23H38O6/c1-3-5-6-7-8-9-10-11-12-13-14-28-23(27)18-15-20(25)22(26)21(16-18)29-17-19(24)4-2/h15-16,19,24-26H,3-14,17H2,1-2H3. The van der Waals surface area contributed by atoms with Gasteiger partial charge in [-0.1, -0.05) is 71.6 Å². The van der Waals surface area contributed by atoms with E-state index in [1.165, 1.54) is 51.0 Å². The molecule has 0 aliphatic carbocycles. The average molecular weight is 411 g/mol. The summed E-state index contributed by atoms with van der Waals surface area (Å²) in [5.41, 5.74) is 0.105. The molecule has 0 radical (unpaired) electrons. The highest BCUT2D eigenvalue weighted by atomic mass is 16.5. The molecule has 0 aliphatic heterocycles. The smallest absolute Gasteiger partial charge is 0.338 e. The number of unbranched alkanes of at least 4 members (excludes halogenated alkanes) is 9. The van der Waals surface area contributed by atoms with Crippen molar-refractivity contribution in [1.82, 2.24) is 0 Å². The van der Waals surface area contributed by atoms with E-state index in [0.717, 1.165) is 25.3 Å². The van der Waals surface area contributed by atoms with Gasteiger partial charge in [0, 0.05) is 0 Å². The van der Waals surface area contributed by atoms with Gasteiger partial charge in [-0.15, -0.1) is 0 Å². The number of aromatic hydroxyl groups is 2. The Morgan fingerprint density at radius 1 is 0.931 bits per heavy atom. The number of benzene rings is 1. The van der Waals surface area contributed by atoms with Crippen LogP contribution in [0.4, 0.5) is 0 Å². The number of esters is 1. The summed E-state index contributed by atoms with van der Waals surface area (Å²) in [6, 6.07) is 2.47. The molecule has 0 heterocycles. The lowest BCUT2D eigenvalue weighted by atomic mass is 10.1. The van der Waals surface area contributed by atoms with Crippen molar-refractivity contribution in [3.05, 3.63) is 17.7 Å². The van der Waals surface area contributed by atoms with Crippen LogP contribution in [0.3, 0.4) is 0 Å². The molecule has 6 nitrogen and oxygen atoms in total. The van der Waals surface area contributed by atoms with Crippen LogP contribution in [-0.4, -0.2) is 40.6 Å². The average Bonchev–Trinajstić information content (AvgIpc) is 2.72. The Kier molecular flexibility index (Phi) is 12.9. The van der Waals surface area contributed by atoms with Gasteiger partial charge in [-0.25, -0.2) is 4.79 Å². The molecule has 0 fully saturated rings. The maximum Gasteiger partial charge on any atom is 0.338 e. The number of aliphatic hydroxyl groups is 1. The van der Waals surface area contributed by atoms with Crippen molar-refractivity contribution in [2.45, 2.75) is 90.6 Å². The van der Waals surface area contributed by atoms with Crippen LogP contribution in [-0.2, 0) is 4.74 Å². The van der Waals surface area contributed by atoms with Crippen LogP contribution < -0.4 is 4.74 Å². The molecule has 0 spiro atoms. The van der Waals surface area contributed by atoms with Gasteiger partial charge in [-0.2, -0.15) is 0 Å². The molecule has 3 N–H and O–H groups in total. The summed E-state index contributed by atoms with van der Waals surface area (Å²) in [5, 5.41) is 29.2. The lowest BCUT2D eigenvalue weighted by Crippen LogP contribution is -2.16. The van der Waals surface area contributed by atoms with Crippen LogP contribution in [0.25, 0.3) is 0 Å². The van der Waals surface area contributed by atoms with E-state index in [4.69, 9.17) is 9.47 Å². The summed E-state index contributed by atoms with van der Waals surface area (Å²) >= 11 is 0. The molecule has 0 bridgehead atoms. The van der Waals surface area contributed by atoms with Crippen molar-refractivity contribution in [3.8, 4) is 17.2 Å². The van der Waals surface area contributed by atoms with Gasteiger partial charge >= 0.3 is 5.97 Å². The fourth-order valence-electron chi connectivity index (χ4n) is 2.96. The van der Waals surface area contributed by atoms with Crippen LogP contribution in [0.2, 0.25) is 0 Å². The molecule has 6 heteroatoms. The molecule has 0 saturated heterocycles. The largest absolute Gasteiger partial charge is 0.504 e. The first kappa shape index (κ1) is 25.1. The Morgan fingerprint density at radius 3 is 2.10 bits per heavy atom. The van der Waals surface area contributed by atoms with E-state index in [2.05, 4.69) is 6.92 Å². The first-order valence-corrected chi connectivity index (χ1v) is 11.0. The third-order valence-electron chi connectivity index (χ3n) is 4.92. The van der Waals surface area contributed by atoms with E-state index in [1.807, 2.05) is 0 Å². The minimum atomic E-state index is -0.691. The molecule has 0 amide bonds. The van der Waals surface area contributed by atoms with Crippen molar-refractivity contribution in [1.29, 1.82) is 0 Å². The Balaban J connectivity index is 2.29. The van der Waals surface area contributed by atoms with Crippen LogP contribution in [0.5, 0.6) is 17.2 Å². The van der Waals surface area contributed by atoms with Gasteiger partial charge in [0.05, 0.1) is 18.3 Å². The Labute approximate surface area is 174 Å². The van der Waals surface area contributed by atoms with Gasteiger partial charge < -0.3 is 24.8 Å². The summed E-state index contributed by atoms with van der Waals surface area (Å²) in [7, 11) is 0. The predicted molar refractivity (Wildman–Crippen MR) is 114 cm³/mol. The number of hydrogen-bond donors (Lipinski definition) is 3. The van der Waals surface area contributed by atoms with Gasteiger partial charge in [0.1, 0.15) is 6.61 Å². The molecule has 0 saturated carbocycles. The molecule has 1 unspecified atom stereocenters. The number of carbonyl (C=O) groups excluding carboxylic acids is 1. The number of carbonyl (C=O) groups is 1. The van der Waals surface area contributed by atoms with Gasteiger partial charge in [-0.3, -0.25) is 0 Å². The van der Waals surface area contributed by atoms with E-state index in [-0.39, 0.29) is 17.9 Å². The SMILES string of the molecule is CCCCCCCCCCCCOC(=O)c1cc(O)c(O)c(OCC(O)CC)c1. The predicted octanol–water partition coefficient (Wildman–Crippen LogP) is 5.33. The number of ether oxygens (including phenoxy) is 2. The van der Waals surface area contributed by atoms with E-state index in [9.17, 15) is 20.1 Å². The summed E-state index contributed by atoms with van der Waals surface area (Å²) in [6.45, 7) is 4.30. The van der Waals surface area contributed by atoms with Crippen LogP contribution in [0.15, 0.2) is 12.1 Å². The number of aliphatic hydroxyl groups excluding tert-OH is 1. The summed E-state index contributed by atoms with van der Waals surface area (Å²) in [5.74, 6) is -1.54. The summed E-state index contributed by atoms with van der Waals surface area (Å²) in [4.78, 5) is 12.2. The van der Waals surface area contributed by atoms with E-state index < -0.39 is 23.6 Å². The van der Waals surface area contributed by atoms with E-state index in [0.29, 0.717) is 13.0 Å². The van der Waals surface area contributed by atoms with Gasteiger partial charge in [0.2, 0.25) is 5.75 Å². The second-order valence-electron chi connectivity index (χ2n) is 7.53. The van der Waals surface area contributed by atoms with E-state index >= 15 is 0 Å². The maximum absolute atomic E-state index is 12.2. The third kappa shape index (κ3) is 10.4.